The van der Waals surface area contributed by atoms with Crippen LogP contribution in [-0.2, 0) is 21.7 Å². The van der Waals surface area contributed by atoms with Gasteiger partial charge in [-0.15, -0.1) is 11.6 Å². The number of alkyl halides is 1. The van der Waals surface area contributed by atoms with Crippen LogP contribution in [0.3, 0.4) is 0 Å². The van der Waals surface area contributed by atoms with E-state index in [0.717, 1.165) is 5.88 Å². The molecule has 0 heterocycles. The number of hydrogen-bond donors (Lipinski definition) is 0. The van der Waals surface area contributed by atoms with E-state index in [2.05, 4.69) is 38.2 Å². The molecule has 0 N–H and O–H groups in total. The smallest absolute Gasteiger partial charge is 0.0195 e. The van der Waals surface area contributed by atoms with Gasteiger partial charge < -0.3 is 0 Å². The number of allylic oxidation sites excluding steroid dienone is 8. The van der Waals surface area contributed by atoms with E-state index in [-0.39, 0.29) is 21.7 Å². The fraction of sp³-hybridized carbons (Fsp3) is 0.467. The number of halogens is 1. The molecule has 0 saturated carbocycles. The molecule has 0 spiro atoms. The van der Waals surface area contributed by atoms with Gasteiger partial charge in [-0.05, 0) is 33.1 Å². The van der Waals surface area contributed by atoms with Crippen molar-refractivity contribution in [2.24, 2.45) is 0 Å². The van der Waals surface area contributed by atoms with Gasteiger partial charge in [-0.25, -0.2) is 0 Å². The zero-order chi connectivity index (χ0) is 12.0. The summed E-state index contributed by atoms with van der Waals surface area (Å²) in [7, 11) is 0. The van der Waals surface area contributed by atoms with Crippen LogP contribution in [0.15, 0.2) is 46.6 Å². The third-order valence-corrected chi connectivity index (χ3v) is 3.01. The first-order valence-electron chi connectivity index (χ1n) is 5.95. The standard InChI is InChI=1S/C13H16.C2H5Cl.Ti/c1-10-5-3-7-12(10)9-13-8-4-6-11(13)2;1-2-3;/h3-6H,7-9H2,1-2H3;2H2,1H3;. The summed E-state index contributed by atoms with van der Waals surface area (Å²) in [5.74, 6) is 0.722. The van der Waals surface area contributed by atoms with E-state index in [1.807, 2.05) is 6.92 Å². The minimum atomic E-state index is 0. The Balaban J connectivity index is 0.000000583. The van der Waals surface area contributed by atoms with Crippen molar-refractivity contribution in [2.45, 2.75) is 40.0 Å². The van der Waals surface area contributed by atoms with Gasteiger partial charge in [0.05, 0.1) is 0 Å². The van der Waals surface area contributed by atoms with Crippen LogP contribution in [0.2, 0.25) is 0 Å². The Morgan fingerprint density at radius 1 is 1.00 bits per heavy atom. The predicted molar refractivity (Wildman–Crippen MR) is 73.9 cm³/mol. The zero-order valence-corrected chi connectivity index (χ0v) is 13.3. The van der Waals surface area contributed by atoms with Crippen LogP contribution >= 0.6 is 11.6 Å². The molecule has 0 saturated heterocycles. The SMILES string of the molecule is CC1=C(CC2=C(C)C=CC2)CC=C1.CCCl.[Ti]. The van der Waals surface area contributed by atoms with Crippen LogP contribution in [0.1, 0.15) is 40.0 Å². The second-order valence-corrected chi connectivity index (χ2v) is 4.76. The largest absolute Gasteiger partial charge is 0.127 e. The van der Waals surface area contributed by atoms with Gasteiger partial charge in [-0.2, -0.15) is 0 Å². The summed E-state index contributed by atoms with van der Waals surface area (Å²) in [5.41, 5.74) is 6.18. The van der Waals surface area contributed by atoms with Gasteiger partial charge >= 0.3 is 0 Å². The molecule has 2 aliphatic rings. The minimum Gasteiger partial charge on any atom is -0.127 e. The van der Waals surface area contributed by atoms with Crippen molar-refractivity contribution >= 4 is 11.6 Å². The molecule has 2 rings (SSSR count). The fourth-order valence-corrected chi connectivity index (χ4v) is 1.99. The van der Waals surface area contributed by atoms with Crippen molar-refractivity contribution in [3.63, 3.8) is 0 Å². The quantitative estimate of drug-likeness (QED) is 0.484. The fourth-order valence-electron chi connectivity index (χ4n) is 1.99. The molecule has 0 nitrogen and oxygen atoms in total. The van der Waals surface area contributed by atoms with E-state index in [0.29, 0.717) is 0 Å². The maximum atomic E-state index is 5.00. The molecule has 0 aromatic heterocycles. The molecule has 0 aromatic rings. The van der Waals surface area contributed by atoms with Crippen molar-refractivity contribution in [2.75, 3.05) is 5.88 Å². The molecule has 92 valence electrons. The summed E-state index contributed by atoms with van der Waals surface area (Å²) in [6, 6.07) is 0. The van der Waals surface area contributed by atoms with Crippen molar-refractivity contribution in [1.82, 2.24) is 0 Å². The van der Waals surface area contributed by atoms with E-state index in [4.69, 9.17) is 11.6 Å². The normalized spacial score (nSPS) is 17.2. The molecule has 0 aromatic carbocycles. The summed E-state index contributed by atoms with van der Waals surface area (Å²) < 4.78 is 0. The molecule has 0 aliphatic heterocycles. The van der Waals surface area contributed by atoms with Gasteiger partial charge in [0.25, 0.3) is 0 Å². The first-order valence-corrected chi connectivity index (χ1v) is 6.48. The van der Waals surface area contributed by atoms with Gasteiger partial charge in [-0.1, -0.05) is 53.5 Å². The maximum Gasteiger partial charge on any atom is 0.0195 e. The summed E-state index contributed by atoms with van der Waals surface area (Å²) in [6.45, 7) is 6.33. The van der Waals surface area contributed by atoms with Crippen molar-refractivity contribution in [3.8, 4) is 0 Å². The van der Waals surface area contributed by atoms with Crippen LogP contribution < -0.4 is 0 Å². The molecule has 2 heteroatoms. The molecule has 0 fully saturated rings. The average Bonchev–Trinajstić information content (AvgIpc) is 2.80. The molecule has 0 unspecified atom stereocenters. The van der Waals surface area contributed by atoms with E-state index in [9.17, 15) is 0 Å². The third-order valence-electron chi connectivity index (χ3n) is 3.01. The van der Waals surface area contributed by atoms with E-state index < -0.39 is 0 Å². The molecule has 0 bridgehead atoms. The molecule has 17 heavy (non-hydrogen) atoms. The topological polar surface area (TPSA) is 0 Å². The Bertz CT molecular complexity index is 325. The van der Waals surface area contributed by atoms with Crippen LogP contribution in [0.4, 0.5) is 0 Å². The van der Waals surface area contributed by atoms with E-state index in [1.54, 1.807) is 11.1 Å². The Kier molecular flexibility index (Phi) is 8.95. The van der Waals surface area contributed by atoms with Crippen molar-refractivity contribution in [1.29, 1.82) is 0 Å². The number of hydrogen-bond acceptors (Lipinski definition) is 0. The summed E-state index contributed by atoms with van der Waals surface area (Å²) in [4.78, 5) is 0. The molecule has 2 aliphatic carbocycles. The van der Waals surface area contributed by atoms with E-state index in [1.165, 1.54) is 30.4 Å². The Hall–Kier alpha value is -0.0357. The first-order chi connectivity index (χ1) is 7.69. The van der Waals surface area contributed by atoms with E-state index >= 15 is 0 Å². The Morgan fingerprint density at radius 2 is 1.35 bits per heavy atom. The summed E-state index contributed by atoms with van der Waals surface area (Å²) in [5, 5.41) is 0. The first kappa shape index (κ1) is 17.0. The van der Waals surface area contributed by atoms with Gasteiger partial charge in [0, 0.05) is 27.6 Å². The molecular weight excluding hydrogens is 263 g/mol. The Morgan fingerprint density at radius 3 is 1.59 bits per heavy atom. The second-order valence-electron chi connectivity index (χ2n) is 4.23. The van der Waals surface area contributed by atoms with Crippen LogP contribution in [0, 0.1) is 0 Å². The van der Waals surface area contributed by atoms with Crippen molar-refractivity contribution in [3.05, 3.63) is 46.6 Å². The predicted octanol–water partition coefficient (Wildman–Crippen LogP) is 5.17. The monoisotopic (exact) mass is 284 g/mol. The third kappa shape index (κ3) is 5.42. The summed E-state index contributed by atoms with van der Waals surface area (Å²) >= 11 is 5.00. The van der Waals surface area contributed by atoms with Crippen LogP contribution in [-0.4, -0.2) is 5.88 Å². The maximum absolute atomic E-state index is 5.00. The minimum absolute atomic E-state index is 0. The van der Waals surface area contributed by atoms with Gasteiger partial charge in [-0.3, -0.25) is 0 Å². The molecule has 0 atom stereocenters. The average molecular weight is 285 g/mol. The van der Waals surface area contributed by atoms with Gasteiger partial charge in [0.1, 0.15) is 0 Å². The molecular formula is C15H21ClTi. The van der Waals surface area contributed by atoms with Gasteiger partial charge in [0.15, 0.2) is 0 Å². The van der Waals surface area contributed by atoms with Gasteiger partial charge in [0.2, 0.25) is 0 Å². The van der Waals surface area contributed by atoms with Crippen LogP contribution in [0.25, 0.3) is 0 Å². The Labute approximate surface area is 125 Å². The number of rotatable bonds is 2. The molecule has 0 radical (unpaired) electrons. The van der Waals surface area contributed by atoms with Crippen molar-refractivity contribution < 1.29 is 21.7 Å². The second kappa shape index (κ2) is 8.97. The van der Waals surface area contributed by atoms with Crippen LogP contribution in [0.5, 0.6) is 0 Å². The zero-order valence-electron chi connectivity index (χ0n) is 11.0. The molecule has 0 amide bonds. The summed E-state index contributed by atoms with van der Waals surface area (Å²) in [6.07, 6.45) is 12.6.